The van der Waals surface area contributed by atoms with Crippen molar-refractivity contribution in [3.05, 3.63) is 10.0 Å². The Balaban J connectivity index is 2.39. The van der Waals surface area contributed by atoms with Gasteiger partial charge in [-0.25, -0.2) is 0 Å². The maximum atomic E-state index is 5.35. The van der Waals surface area contributed by atoms with Gasteiger partial charge in [0.1, 0.15) is 16.6 Å². The first-order chi connectivity index (χ1) is 5.18. The molecule has 1 rings (SSSR count). The molecule has 0 bridgehead atoms. The van der Waals surface area contributed by atoms with Gasteiger partial charge < -0.3 is 4.74 Å². The average molecular weight is 172 g/mol. The Labute approximate surface area is 70.4 Å². The summed E-state index contributed by atoms with van der Waals surface area (Å²) >= 11 is 1.58. The highest BCUT2D eigenvalue weighted by Gasteiger charge is 2.00. The molecule has 0 aliphatic carbocycles. The van der Waals surface area contributed by atoms with E-state index in [4.69, 9.17) is 4.74 Å². The second kappa shape index (κ2) is 3.78. The van der Waals surface area contributed by atoms with Crippen LogP contribution in [0.2, 0.25) is 0 Å². The topological polar surface area (TPSA) is 35.0 Å². The second-order valence-electron chi connectivity index (χ2n) is 2.57. The first kappa shape index (κ1) is 8.62. The number of rotatable bonds is 3. The SMILES string of the molecule is Cc1nnc(COC(C)C)s1. The minimum absolute atomic E-state index is 0.263. The molecule has 3 nitrogen and oxygen atoms in total. The van der Waals surface area contributed by atoms with E-state index in [2.05, 4.69) is 10.2 Å². The lowest BCUT2D eigenvalue weighted by molar-refractivity contribution is 0.0652. The predicted octanol–water partition coefficient (Wildman–Crippen LogP) is 1.77. The van der Waals surface area contributed by atoms with Crippen LogP contribution in [-0.4, -0.2) is 16.3 Å². The fourth-order valence-electron chi connectivity index (χ4n) is 0.634. The third kappa shape index (κ3) is 2.95. The van der Waals surface area contributed by atoms with Crippen LogP contribution in [0.5, 0.6) is 0 Å². The third-order valence-electron chi connectivity index (χ3n) is 1.11. The molecular weight excluding hydrogens is 160 g/mol. The van der Waals surface area contributed by atoms with Gasteiger partial charge >= 0.3 is 0 Å². The highest BCUT2D eigenvalue weighted by atomic mass is 32.1. The molecule has 0 aliphatic rings. The van der Waals surface area contributed by atoms with E-state index >= 15 is 0 Å². The van der Waals surface area contributed by atoms with Crippen molar-refractivity contribution in [3.63, 3.8) is 0 Å². The third-order valence-corrected chi connectivity index (χ3v) is 1.92. The molecule has 11 heavy (non-hydrogen) atoms. The van der Waals surface area contributed by atoms with Crippen LogP contribution in [0.1, 0.15) is 23.9 Å². The van der Waals surface area contributed by atoms with Gasteiger partial charge in [-0.05, 0) is 20.8 Å². The Hall–Kier alpha value is -0.480. The van der Waals surface area contributed by atoms with Crippen LogP contribution >= 0.6 is 11.3 Å². The van der Waals surface area contributed by atoms with Crippen LogP contribution in [0.15, 0.2) is 0 Å². The summed E-state index contributed by atoms with van der Waals surface area (Å²) in [5.41, 5.74) is 0. The van der Waals surface area contributed by atoms with E-state index in [0.717, 1.165) is 10.0 Å². The van der Waals surface area contributed by atoms with E-state index < -0.39 is 0 Å². The largest absolute Gasteiger partial charge is 0.372 e. The Morgan fingerprint density at radius 2 is 2.18 bits per heavy atom. The summed E-state index contributed by atoms with van der Waals surface area (Å²) in [4.78, 5) is 0. The number of hydrogen-bond acceptors (Lipinski definition) is 4. The van der Waals surface area contributed by atoms with Crippen LogP contribution in [0.25, 0.3) is 0 Å². The number of nitrogens with zero attached hydrogens (tertiary/aromatic N) is 2. The smallest absolute Gasteiger partial charge is 0.143 e. The summed E-state index contributed by atoms with van der Waals surface area (Å²) in [6.07, 6.45) is 0.263. The van der Waals surface area contributed by atoms with Gasteiger partial charge in [0.2, 0.25) is 0 Å². The lowest BCUT2D eigenvalue weighted by Crippen LogP contribution is -2.01. The fraction of sp³-hybridized carbons (Fsp3) is 0.714. The summed E-state index contributed by atoms with van der Waals surface area (Å²) in [7, 11) is 0. The Bertz CT molecular complexity index is 222. The molecule has 0 saturated heterocycles. The number of ether oxygens (including phenoxy) is 1. The zero-order valence-electron chi connectivity index (χ0n) is 7.00. The van der Waals surface area contributed by atoms with Crippen LogP contribution in [0, 0.1) is 6.92 Å². The van der Waals surface area contributed by atoms with Gasteiger partial charge in [-0.3, -0.25) is 0 Å². The summed E-state index contributed by atoms with van der Waals surface area (Å²) in [5, 5.41) is 9.76. The molecular formula is C7H12N2OS. The highest BCUT2D eigenvalue weighted by Crippen LogP contribution is 2.09. The van der Waals surface area contributed by atoms with Gasteiger partial charge in [-0.1, -0.05) is 11.3 Å². The molecule has 0 amide bonds. The maximum Gasteiger partial charge on any atom is 0.143 e. The zero-order valence-corrected chi connectivity index (χ0v) is 7.81. The molecule has 0 aliphatic heterocycles. The molecule has 0 spiro atoms. The van der Waals surface area contributed by atoms with Crippen molar-refractivity contribution in [2.24, 2.45) is 0 Å². The monoisotopic (exact) mass is 172 g/mol. The molecule has 1 heterocycles. The standard InChI is InChI=1S/C7H12N2OS/c1-5(2)10-4-7-9-8-6(3)11-7/h5H,4H2,1-3H3. The van der Waals surface area contributed by atoms with Crippen LogP contribution in [0.4, 0.5) is 0 Å². The fourth-order valence-corrected chi connectivity index (χ4v) is 1.27. The number of hydrogen-bond donors (Lipinski definition) is 0. The van der Waals surface area contributed by atoms with Gasteiger partial charge in [0, 0.05) is 0 Å². The molecule has 62 valence electrons. The molecule has 0 atom stereocenters. The molecule has 0 unspecified atom stereocenters. The lowest BCUT2D eigenvalue weighted by atomic mass is 10.5. The Kier molecular flexibility index (Phi) is 2.96. The normalized spacial score (nSPS) is 10.9. The van der Waals surface area contributed by atoms with Gasteiger partial charge in [0.05, 0.1) is 6.10 Å². The van der Waals surface area contributed by atoms with Crippen molar-refractivity contribution < 1.29 is 4.74 Å². The van der Waals surface area contributed by atoms with E-state index in [-0.39, 0.29) is 6.10 Å². The van der Waals surface area contributed by atoms with E-state index in [0.29, 0.717) is 6.61 Å². The van der Waals surface area contributed by atoms with Crippen LogP contribution in [-0.2, 0) is 11.3 Å². The molecule has 0 fully saturated rings. The van der Waals surface area contributed by atoms with Gasteiger partial charge in [0.15, 0.2) is 0 Å². The molecule has 1 aromatic heterocycles. The van der Waals surface area contributed by atoms with Crippen molar-refractivity contribution in [2.75, 3.05) is 0 Å². The summed E-state index contributed by atoms with van der Waals surface area (Å²) < 4.78 is 5.35. The van der Waals surface area contributed by atoms with E-state index in [1.165, 1.54) is 0 Å². The highest BCUT2D eigenvalue weighted by molar-refractivity contribution is 7.11. The molecule has 0 aromatic carbocycles. The molecule has 0 saturated carbocycles. The Morgan fingerprint density at radius 1 is 1.45 bits per heavy atom. The van der Waals surface area contributed by atoms with E-state index in [1.807, 2.05) is 20.8 Å². The van der Waals surface area contributed by atoms with Crippen molar-refractivity contribution in [3.8, 4) is 0 Å². The van der Waals surface area contributed by atoms with Gasteiger partial charge in [0.25, 0.3) is 0 Å². The number of aryl methyl sites for hydroxylation is 1. The number of aromatic nitrogens is 2. The van der Waals surface area contributed by atoms with Gasteiger partial charge in [-0.2, -0.15) is 0 Å². The summed E-state index contributed by atoms with van der Waals surface area (Å²) in [5.74, 6) is 0. The average Bonchev–Trinajstić information content (AvgIpc) is 2.31. The molecule has 0 radical (unpaired) electrons. The van der Waals surface area contributed by atoms with Gasteiger partial charge in [-0.15, -0.1) is 10.2 Å². The Morgan fingerprint density at radius 3 is 2.64 bits per heavy atom. The van der Waals surface area contributed by atoms with E-state index in [9.17, 15) is 0 Å². The van der Waals surface area contributed by atoms with Crippen molar-refractivity contribution in [2.45, 2.75) is 33.5 Å². The first-order valence-electron chi connectivity index (χ1n) is 3.59. The van der Waals surface area contributed by atoms with Crippen LogP contribution in [0.3, 0.4) is 0 Å². The maximum absolute atomic E-state index is 5.35. The first-order valence-corrected chi connectivity index (χ1v) is 4.40. The summed E-state index contributed by atoms with van der Waals surface area (Å²) in [6, 6.07) is 0. The minimum atomic E-state index is 0.263. The minimum Gasteiger partial charge on any atom is -0.372 e. The van der Waals surface area contributed by atoms with Crippen molar-refractivity contribution in [1.29, 1.82) is 0 Å². The zero-order chi connectivity index (χ0) is 8.27. The lowest BCUT2D eigenvalue weighted by Gasteiger charge is -2.02. The van der Waals surface area contributed by atoms with Crippen LogP contribution < -0.4 is 0 Å². The van der Waals surface area contributed by atoms with Crippen molar-refractivity contribution in [1.82, 2.24) is 10.2 Å². The summed E-state index contributed by atoms with van der Waals surface area (Å²) in [6.45, 7) is 6.54. The molecule has 1 aromatic rings. The predicted molar refractivity (Wildman–Crippen MR) is 44.6 cm³/mol. The molecule has 0 N–H and O–H groups in total. The van der Waals surface area contributed by atoms with Crippen molar-refractivity contribution >= 4 is 11.3 Å². The second-order valence-corrected chi connectivity index (χ2v) is 3.84. The van der Waals surface area contributed by atoms with E-state index in [1.54, 1.807) is 11.3 Å². The quantitative estimate of drug-likeness (QED) is 0.697. The molecule has 4 heteroatoms.